The second-order valence-corrected chi connectivity index (χ2v) is 11.7. The van der Waals surface area contributed by atoms with Gasteiger partial charge in [0.1, 0.15) is 31.7 Å². The second kappa shape index (κ2) is 24.3. The van der Waals surface area contributed by atoms with Crippen molar-refractivity contribution in [3.05, 3.63) is 34.9 Å². The molecule has 4 rings (SSSR count). The average molecular weight is 619 g/mol. The van der Waals surface area contributed by atoms with Crippen LogP contribution in [-0.2, 0) is 16.0 Å². The van der Waals surface area contributed by atoms with E-state index in [9.17, 15) is 0 Å². The summed E-state index contributed by atoms with van der Waals surface area (Å²) in [5.41, 5.74) is 3.98. The first-order chi connectivity index (χ1) is 21.5. The Kier molecular flexibility index (Phi) is 22.1. The zero-order chi connectivity index (χ0) is 32.7. The summed E-state index contributed by atoms with van der Waals surface area (Å²) in [5, 5.41) is 0. The van der Waals surface area contributed by atoms with Gasteiger partial charge < -0.3 is 28.8 Å². The van der Waals surface area contributed by atoms with E-state index < -0.39 is 0 Å². The number of aryl methyl sites for hydroxylation is 1. The van der Waals surface area contributed by atoms with Gasteiger partial charge in [-0.1, -0.05) is 59.1 Å². The zero-order valence-corrected chi connectivity index (χ0v) is 29.7. The number of unbranched alkanes of at least 4 members (excludes halogenated alkanes) is 2. The molecule has 0 N–H and O–H groups in total. The van der Waals surface area contributed by atoms with Crippen molar-refractivity contribution in [2.45, 2.75) is 92.4 Å². The number of hydrogen-bond donors (Lipinski definition) is 0. The van der Waals surface area contributed by atoms with Crippen LogP contribution in [0, 0.1) is 0 Å². The van der Waals surface area contributed by atoms with E-state index in [2.05, 4.69) is 65.8 Å². The van der Waals surface area contributed by atoms with Gasteiger partial charge in [0, 0.05) is 63.8 Å². The lowest BCUT2D eigenvalue weighted by Crippen LogP contribution is -2.45. The van der Waals surface area contributed by atoms with Gasteiger partial charge in [0.05, 0.1) is 0 Å². The Hall–Kier alpha value is -1.97. The summed E-state index contributed by atoms with van der Waals surface area (Å²) >= 11 is 0. The fourth-order valence-corrected chi connectivity index (χ4v) is 5.71. The van der Waals surface area contributed by atoms with Gasteiger partial charge in [-0.3, -0.25) is 9.80 Å². The summed E-state index contributed by atoms with van der Waals surface area (Å²) < 4.78 is 19.1. The van der Waals surface area contributed by atoms with E-state index in [1.54, 1.807) is 0 Å². The van der Waals surface area contributed by atoms with Crippen molar-refractivity contribution >= 4 is 6.79 Å². The average Bonchev–Trinajstić information content (AvgIpc) is 3.06. The molecule has 0 spiro atoms. The number of benzene rings is 1. The van der Waals surface area contributed by atoms with Crippen molar-refractivity contribution in [1.82, 2.24) is 19.6 Å². The maximum absolute atomic E-state index is 8.00. The van der Waals surface area contributed by atoms with E-state index in [-0.39, 0.29) is 6.79 Å². The van der Waals surface area contributed by atoms with Crippen LogP contribution in [-0.4, -0.2) is 113 Å². The molecule has 0 unspecified atom stereocenters. The Bertz CT molecular complexity index is 896. The predicted molar refractivity (Wildman–Crippen MR) is 185 cm³/mol. The van der Waals surface area contributed by atoms with Gasteiger partial charge in [0.15, 0.2) is 6.79 Å². The summed E-state index contributed by atoms with van der Waals surface area (Å²) in [7, 11) is 4.38. The first-order valence-corrected chi connectivity index (χ1v) is 17.3. The fraction of sp³-hybridized carbons (Fsp3) is 0.750. The maximum Gasteiger partial charge on any atom is 0.190 e. The number of carbonyl (C=O) groups is 1. The van der Waals surface area contributed by atoms with Crippen LogP contribution in [0.3, 0.4) is 0 Å². The summed E-state index contributed by atoms with van der Waals surface area (Å²) in [6, 6.07) is 4.57. The summed E-state index contributed by atoms with van der Waals surface area (Å²) in [5.74, 6) is 2.27. The molecule has 2 fully saturated rings. The number of hydrogen-bond acceptors (Lipinski definition) is 8. The first kappa shape index (κ1) is 40.1. The highest BCUT2D eigenvalue weighted by atomic mass is 16.7. The molecule has 2 aliphatic heterocycles. The number of nitrogens with zero attached hydrogens (tertiary/aromatic N) is 4. The van der Waals surface area contributed by atoms with Gasteiger partial charge in [0.2, 0.25) is 0 Å². The molecule has 254 valence electrons. The van der Waals surface area contributed by atoms with E-state index in [0.717, 1.165) is 76.7 Å². The van der Waals surface area contributed by atoms with Crippen LogP contribution in [0.4, 0.5) is 0 Å². The Morgan fingerprint density at radius 3 is 1.89 bits per heavy atom. The molecule has 2 saturated heterocycles. The predicted octanol–water partition coefficient (Wildman–Crippen LogP) is 6.64. The number of piperazine rings is 2. The molecule has 1 aromatic carbocycles. The fourth-order valence-electron chi connectivity index (χ4n) is 5.71. The maximum atomic E-state index is 8.00. The van der Waals surface area contributed by atoms with Crippen LogP contribution in [0.5, 0.6) is 11.5 Å². The van der Waals surface area contributed by atoms with Gasteiger partial charge in [-0.2, -0.15) is 0 Å². The zero-order valence-electron chi connectivity index (χ0n) is 29.7. The molecule has 2 heterocycles. The minimum atomic E-state index is 0.269. The molecule has 0 bridgehead atoms. The highest BCUT2D eigenvalue weighted by molar-refractivity contribution is 5.52. The molecule has 44 heavy (non-hydrogen) atoms. The first-order valence-electron chi connectivity index (χ1n) is 17.3. The molecule has 3 aliphatic rings. The SMILES string of the molecule is C=O.CC.CC.CCCCCc1cc(OCOCN2CCN(C)CC2)c([C@@H]2C=C(C)CCC2)c(OCN2CCN(C)CC2)c1. The molecule has 1 aromatic rings. The van der Waals surface area contributed by atoms with Crippen molar-refractivity contribution in [2.75, 3.05) is 86.7 Å². The van der Waals surface area contributed by atoms with Crippen LogP contribution < -0.4 is 9.47 Å². The standard InChI is InChI=1S/C31H52N4O3.2C2H6.CH2O/c1-5-6-7-10-27-21-29(37-24-35-18-14-33(4)15-19-35)31(28-11-8-9-26(2)20-28)30(22-27)38-25-36-23-34-16-12-32(3)13-17-34;3*1-2/h20-22,28H,5-19,23-25H2,1-4H3;2*1-2H3;1H2/t28-;;;/m0.../s1. The molecule has 1 aliphatic carbocycles. The van der Waals surface area contributed by atoms with Gasteiger partial charge in [0.25, 0.3) is 0 Å². The van der Waals surface area contributed by atoms with Gasteiger partial charge in [-0.15, -0.1) is 0 Å². The molecular weight excluding hydrogens is 552 g/mol. The Balaban J connectivity index is 0.00000152. The van der Waals surface area contributed by atoms with Crippen molar-refractivity contribution < 1.29 is 19.0 Å². The summed E-state index contributed by atoms with van der Waals surface area (Å²) in [6.45, 7) is 24.6. The summed E-state index contributed by atoms with van der Waals surface area (Å²) in [6.07, 6.45) is 10.7. The highest BCUT2D eigenvalue weighted by Crippen LogP contribution is 2.43. The number of allylic oxidation sites excluding steroid dienone is 2. The molecule has 0 radical (unpaired) electrons. The third kappa shape index (κ3) is 14.4. The molecule has 8 nitrogen and oxygen atoms in total. The molecule has 0 aromatic heterocycles. The van der Waals surface area contributed by atoms with Crippen LogP contribution >= 0.6 is 0 Å². The van der Waals surface area contributed by atoms with Crippen molar-refractivity contribution in [3.63, 3.8) is 0 Å². The number of rotatable bonds is 13. The Labute approximate surface area is 270 Å². The smallest absolute Gasteiger partial charge is 0.190 e. The second-order valence-electron chi connectivity index (χ2n) is 11.7. The lowest BCUT2D eigenvalue weighted by molar-refractivity contribution is -0.0980. The van der Waals surface area contributed by atoms with E-state index in [0.29, 0.717) is 19.4 Å². The normalized spacial score (nSPS) is 19.7. The molecule has 0 amide bonds. The number of ether oxygens (including phenoxy) is 3. The van der Waals surface area contributed by atoms with E-state index in [4.69, 9.17) is 19.0 Å². The van der Waals surface area contributed by atoms with Crippen LogP contribution in [0.1, 0.15) is 97.1 Å². The Morgan fingerprint density at radius 2 is 1.34 bits per heavy atom. The Morgan fingerprint density at radius 1 is 0.795 bits per heavy atom. The van der Waals surface area contributed by atoms with Gasteiger partial charge >= 0.3 is 0 Å². The third-order valence-electron chi connectivity index (χ3n) is 8.34. The van der Waals surface area contributed by atoms with Crippen molar-refractivity contribution in [3.8, 4) is 11.5 Å². The van der Waals surface area contributed by atoms with Crippen LogP contribution in [0.2, 0.25) is 0 Å². The highest BCUT2D eigenvalue weighted by Gasteiger charge is 2.25. The number of carbonyl (C=O) groups excluding carboxylic acids is 1. The minimum Gasteiger partial charge on any atom is -0.478 e. The van der Waals surface area contributed by atoms with E-state index in [1.807, 2.05) is 34.5 Å². The van der Waals surface area contributed by atoms with E-state index in [1.165, 1.54) is 48.8 Å². The van der Waals surface area contributed by atoms with Crippen LogP contribution in [0.15, 0.2) is 23.8 Å². The lowest BCUT2D eigenvalue weighted by Gasteiger charge is -2.33. The number of likely N-dealkylation sites (N-methyl/N-ethyl adjacent to an activating group) is 2. The monoisotopic (exact) mass is 619 g/mol. The summed E-state index contributed by atoms with van der Waals surface area (Å²) in [4.78, 5) is 17.5. The van der Waals surface area contributed by atoms with Gasteiger partial charge in [-0.25, -0.2) is 0 Å². The lowest BCUT2D eigenvalue weighted by atomic mass is 9.84. The van der Waals surface area contributed by atoms with Crippen molar-refractivity contribution in [2.24, 2.45) is 0 Å². The molecular formula is C36H66N4O4. The van der Waals surface area contributed by atoms with Crippen LogP contribution in [0.25, 0.3) is 0 Å². The van der Waals surface area contributed by atoms with E-state index >= 15 is 0 Å². The molecule has 1 atom stereocenters. The third-order valence-corrected chi connectivity index (χ3v) is 8.34. The van der Waals surface area contributed by atoms with Gasteiger partial charge in [-0.05, 0) is 70.8 Å². The topological polar surface area (TPSA) is 57.7 Å². The molecule has 0 saturated carbocycles. The largest absolute Gasteiger partial charge is 0.478 e. The van der Waals surface area contributed by atoms with Crippen molar-refractivity contribution in [1.29, 1.82) is 0 Å². The quantitative estimate of drug-likeness (QED) is 0.139. The minimum absolute atomic E-state index is 0.269. The molecule has 8 heteroatoms.